The molecule has 0 amide bonds. The Morgan fingerprint density at radius 1 is 1.14 bits per heavy atom. The van der Waals surface area contributed by atoms with E-state index in [0.717, 1.165) is 74.7 Å². The van der Waals surface area contributed by atoms with Crippen molar-refractivity contribution in [2.24, 2.45) is 5.92 Å². The molecule has 4 aromatic rings. The van der Waals surface area contributed by atoms with E-state index in [1.807, 2.05) is 24.3 Å². The van der Waals surface area contributed by atoms with Gasteiger partial charge in [0.25, 0.3) is 0 Å². The van der Waals surface area contributed by atoms with Gasteiger partial charge in [-0.25, -0.2) is 9.18 Å². The number of nitrogens with zero attached hydrogens (tertiary/aromatic N) is 1. The Balaban J connectivity index is 1.76. The smallest absolute Gasteiger partial charge is 0.328 e. The van der Waals surface area contributed by atoms with E-state index in [2.05, 4.69) is 9.97 Å². The van der Waals surface area contributed by atoms with Crippen molar-refractivity contribution in [2.45, 2.75) is 19.3 Å². The third-order valence-corrected chi connectivity index (χ3v) is 7.36. The van der Waals surface area contributed by atoms with Crippen molar-refractivity contribution >= 4 is 56.3 Å². The highest BCUT2D eigenvalue weighted by atomic mass is 35.5. The highest BCUT2D eigenvalue weighted by molar-refractivity contribution is 7.16. The summed E-state index contributed by atoms with van der Waals surface area (Å²) in [5, 5.41) is 9.24. The minimum atomic E-state index is -1.05. The Hall–Kier alpha value is -3.55. The number of benzene rings is 2. The van der Waals surface area contributed by atoms with Crippen molar-refractivity contribution in [1.29, 1.82) is 0 Å². The maximum atomic E-state index is 13.9. The maximum Gasteiger partial charge on any atom is 0.328 e. The normalized spacial score (nSPS) is 14.8. The van der Waals surface area contributed by atoms with Crippen LogP contribution in [0, 0.1) is 11.7 Å². The number of carboxylic acids is 1. The van der Waals surface area contributed by atoms with Gasteiger partial charge in [0, 0.05) is 17.8 Å². The number of hydrogen-bond donors (Lipinski definition) is 2. The van der Waals surface area contributed by atoms with Crippen LogP contribution in [-0.4, -0.2) is 21.0 Å². The minimum absolute atomic E-state index is 0.125. The quantitative estimate of drug-likeness (QED) is 0.227. The van der Waals surface area contributed by atoms with Crippen molar-refractivity contribution in [3.8, 4) is 0 Å². The molecule has 0 spiro atoms. The van der Waals surface area contributed by atoms with Gasteiger partial charge in [0.15, 0.2) is 0 Å². The van der Waals surface area contributed by atoms with Gasteiger partial charge in [0.1, 0.15) is 5.82 Å². The molecule has 5 rings (SSSR count). The predicted octanol–water partition coefficient (Wildman–Crippen LogP) is 6.63. The first-order chi connectivity index (χ1) is 16.9. The number of halogens is 2. The Labute approximate surface area is 209 Å². The van der Waals surface area contributed by atoms with Crippen LogP contribution in [0.4, 0.5) is 4.39 Å². The first-order valence-corrected chi connectivity index (χ1v) is 12.3. The van der Waals surface area contributed by atoms with Gasteiger partial charge in [-0.1, -0.05) is 47.6 Å². The van der Waals surface area contributed by atoms with Gasteiger partial charge in [-0.05, 0) is 77.4 Å². The standard InChI is InChI=1S/C27H20ClFN2O3S/c28-21-13-18(29)6-9-20(21)26(15-2-1-3-15)25(16-5-10-23-22(12-16)31-27(34)35-23)17-4-7-19(30-14-17)8-11-24(32)33/h4-15H,1-3H2,(H,31,34)(H,32,33). The predicted molar refractivity (Wildman–Crippen MR) is 138 cm³/mol. The van der Waals surface area contributed by atoms with Gasteiger partial charge in [0.2, 0.25) is 0 Å². The summed E-state index contributed by atoms with van der Waals surface area (Å²) in [5.41, 5.74) is 5.62. The molecule has 8 heteroatoms. The zero-order valence-electron chi connectivity index (χ0n) is 18.4. The fourth-order valence-electron chi connectivity index (χ4n) is 4.36. The number of fused-ring (bicyclic) bond motifs is 1. The molecular weight excluding hydrogens is 487 g/mol. The van der Waals surface area contributed by atoms with Crippen molar-refractivity contribution in [2.75, 3.05) is 0 Å². The molecule has 1 fully saturated rings. The van der Waals surface area contributed by atoms with Gasteiger partial charge in [-0.15, -0.1) is 0 Å². The second-order valence-electron chi connectivity index (χ2n) is 8.41. The number of aromatic amines is 1. The first kappa shape index (κ1) is 23.2. The van der Waals surface area contributed by atoms with Gasteiger partial charge >= 0.3 is 10.8 Å². The Morgan fingerprint density at radius 3 is 2.60 bits per heavy atom. The molecule has 0 atom stereocenters. The van der Waals surface area contributed by atoms with E-state index in [4.69, 9.17) is 16.7 Å². The lowest BCUT2D eigenvalue weighted by molar-refractivity contribution is -0.131. The summed E-state index contributed by atoms with van der Waals surface area (Å²) in [6.07, 6.45) is 7.23. The number of aromatic nitrogens is 2. The number of pyridine rings is 1. The molecule has 2 N–H and O–H groups in total. The topological polar surface area (TPSA) is 83.0 Å². The molecule has 1 aliphatic rings. The molecule has 0 saturated heterocycles. The van der Waals surface area contributed by atoms with Crippen molar-refractivity contribution in [3.05, 3.63) is 104 Å². The molecule has 1 saturated carbocycles. The van der Waals surface area contributed by atoms with Crippen LogP contribution in [-0.2, 0) is 4.79 Å². The van der Waals surface area contributed by atoms with Crippen LogP contribution in [0.15, 0.2) is 65.6 Å². The summed E-state index contributed by atoms with van der Waals surface area (Å²) >= 11 is 7.71. The van der Waals surface area contributed by atoms with Gasteiger partial charge in [-0.2, -0.15) is 0 Å². The van der Waals surface area contributed by atoms with Crippen molar-refractivity contribution < 1.29 is 14.3 Å². The fourth-order valence-corrected chi connectivity index (χ4v) is 5.34. The van der Waals surface area contributed by atoms with E-state index in [1.165, 1.54) is 18.2 Å². The monoisotopic (exact) mass is 506 g/mol. The van der Waals surface area contributed by atoms with E-state index in [0.29, 0.717) is 10.7 Å². The number of aliphatic carboxylic acids is 1. The van der Waals surface area contributed by atoms with E-state index in [9.17, 15) is 14.0 Å². The van der Waals surface area contributed by atoms with Crippen LogP contribution >= 0.6 is 22.9 Å². The molecule has 2 aromatic heterocycles. The van der Waals surface area contributed by atoms with Crippen LogP contribution in [0.5, 0.6) is 0 Å². The van der Waals surface area contributed by atoms with Gasteiger partial charge < -0.3 is 10.1 Å². The lowest BCUT2D eigenvalue weighted by Gasteiger charge is -2.32. The first-order valence-electron chi connectivity index (χ1n) is 11.1. The average molecular weight is 507 g/mol. The lowest BCUT2D eigenvalue weighted by Crippen LogP contribution is -2.15. The molecule has 0 radical (unpaired) electrons. The second-order valence-corrected chi connectivity index (χ2v) is 9.83. The molecule has 2 heterocycles. The third-order valence-electron chi connectivity index (χ3n) is 6.18. The zero-order chi connectivity index (χ0) is 24.5. The highest BCUT2D eigenvalue weighted by Gasteiger charge is 2.29. The number of hydrogen-bond acceptors (Lipinski definition) is 4. The molecule has 0 unspecified atom stereocenters. The number of allylic oxidation sites excluding steroid dienone is 1. The number of H-pyrrole nitrogens is 1. The van der Waals surface area contributed by atoms with Crippen LogP contribution in [0.25, 0.3) is 27.4 Å². The number of rotatable bonds is 6. The lowest BCUT2D eigenvalue weighted by atomic mass is 9.73. The summed E-state index contributed by atoms with van der Waals surface area (Å²) in [6.45, 7) is 0. The molecule has 0 aliphatic heterocycles. The van der Waals surface area contributed by atoms with Crippen molar-refractivity contribution in [1.82, 2.24) is 9.97 Å². The third kappa shape index (κ3) is 4.83. The maximum absolute atomic E-state index is 13.9. The number of carbonyl (C=O) groups is 1. The van der Waals surface area contributed by atoms with Crippen LogP contribution < -0.4 is 4.87 Å². The number of thiazole rings is 1. The molecular formula is C27H20ClFN2O3S. The van der Waals surface area contributed by atoms with Crippen LogP contribution in [0.3, 0.4) is 0 Å². The zero-order valence-corrected chi connectivity index (χ0v) is 20.0. The van der Waals surface area contributed by atoms with Crippen LogP contribution in [0.2, 0.25) is 5.02 Å². The van der Waals surface area contributed by atoms with E-state index in [1.54, 1.807) is 18.3 Å². The molecule has 5 nitrogen and oxygen atoms in total. The number of nitrogens with one attached hydrogen (secondary N) is 1. The summed E-state index contributed by atoms with van der Waals surface area (Å²) < 4.78 is 14.8. The summed E-state index contributed by atoms with van der Waals surface area (Å²) in [7, 11) is 0. The Morgan fingerprint density at radius 2 is 1.94 bits per heavy atom. The summed E-state index contributed by atoms with van der Waals surface area (Å²) in [4.78, 5) is 30.0. The molecule has 2 aromatic carbocycles. The van der Waals surface area contributed by atoms with Gasteiger partial charge in [0.05, 0.1) is 20.9 Å². The molecule has 0 bridgehead atoms. The van der Waals surface area contributed by atoms with Crippen LogP contribution in [0.1, 0.15) is 41.6 Å². The molecule has 35 heavy (non-hydrogen) atoms. The van der Waals surface area contributed by atoms with Crippen molar-refractivity contribution in [3.63, 3.8) is 0 Å². The SMILES string of the molecule is O=C(O)C=Cc1ccc(C(=C(c2ccc(F)cc2Cl)C2CCC2)c2ccc3sc(=O)[nH]c3c2)cn1. The Bertz CT molecular complexity index is 1550. The summed E-state index contributed by atoms with van der Waals surface area (Å²) in [5.74, 6) is -1.22. The second kappa shape index (κ2) is 9.60. The van der Waals surface area contributed by atoms with E-state index < -0.39 is 11.8 Å². The fraction of sp³-hybridized carbons (Fsp3) is 0.148. The highest BCUT2D eigenvalue weighted by Crippen LogP contribution is 2.47. The van der Waals surface area contributed by atoms with E-state index in [-0.39, 0.29) is 10.8 Å². The molecule has 176 valence electrons. The van der Waals surface area contributed by atoms with E-state index >= 15 is 0 Å². The Kier molecular flexibility index (Phi) is 6.36. The van der Waals surface area contributed by atoms with Gasteiger partial charge in [-0.3, -0.25) is 9.78 Å². The minimum Gasteiger partial charge on any atom is -0.478 e. The number of carboxylic acid groups (broad SMARTS) is 1. The largest absolute Gasteiger partial charge is 0.478 e. The average Bonchev–Trinajstić information content (AvgIpc) is 3.16. The molecule has 1 aliphatic carbocycles. The summed E-state index contributed by atoms with van der Waals surface area (Å²) in [6, 6.07) is 13.9.